The number of pyridine rings is 1. The first-order valence-electron chi connectivity index (χ1n) is 6.05. The van der Waals surface area contributed by atoms with Crippen LogP contribution in [0.1, 0.15) is 39.8 Å². The molecule has 0 aliphatic heterocycles. The van der Waals surface area contributed by atoms with E-state index in [2.05, 4.69) is 17.0 Å². The lowest BCUT2D eigenvalue weighted by Crippen LogP contribution is -2.05. The molecule has 2 heterocycles. The number of aryl methyl sites for hydroxylation is 2. The Kier molecular flexibility index (Phi) is 3.28. The number of nitrogens with zero attached hydrogens (tertiary/aromatic N) is 3. The summed E-state index contributed by atoms with van der Waals surface area (Å²) in [4.78, 5) is 15.1. The maximum atomic E-state index is 10.7. The Morgan fingerprint density at radius 2 is 2.06 bits per heavy atom. The van der Waals surface area contributed by atoms with Crippen LogP contribution in [-0.2, 0) is 6.42 Å². The third kappa shape index (κ3) is 1.94. The molecule has 0 aromatic carbocycles. The lowest BCUT2D eigenvalue weighted by atomic mass is 10.1. The average molecular weight is 243 g/mol. The fraction of sp³-hybridized carbons (Fsp3) is 0.357. The Morgan fingerprint density at radius 3 is 2.56 bits per heavy atom. The van der Waals surface area contributed by atoms with Crippen LogP contribution in [0.25, 0.3) is 5.82 Å². The Hall–Kier alpha value is -1.97. The van der Waals surface area contributed by atoms with Crippen molar-refractivity contribution < 1.29 is 4.79 Å². The van der Waals surface area contributed by atoms with Crippen molar-refractivity contribution in [2.24, 2.45) is 0 Å². The summed E-state index contributed by atoms with van der Waals surface area (Å²) in [7, 11) is 0. The monoisotopic (exact) mass is 243 g/mol. The van der Waals surface area contributed by atoms with Crippen molar-refractivity contribution >= 4 is 6.29 Å². The van der Waals surface area contributed by atoms with Gasteiger partial charge in [-0.3, -0.25) is 4.79 Å². The van der Waals surface area contributed by atoms with Gasteiger partial charge in [0, 0.05) is 17.5 Å². The molecule has 0 aliphatic rings. The summed E-state index contributed by atoms with van der Waals surface area (Å²) in [6.45, 7) is 8.12. The number of carbonyl (C=O) groups is 1. The Bertz CT molecular complexity index is 599. The summed E-state index contributed by atoms with van der Waals surface area (Å²) in [5.41, 5.74) is 4.96. The van der Waals surface area contributed by atoms with Crippen LogP contribution in [0.15, 0.2) is 12.3 Å². The summed E-state index contributed by atoms with van der Waals surface area (Å²) in [6, 6.07) is 1.83. The second-order valence-corrected chi connectivity index (χ2v) is 4.44. The molecular weight excluding hydrogens is 226 g/mol. The van der Waals surface area contributed by atoms with Crippen LogP contribution in [0.5, 0.6) is 0 Å². The van der Waals surface area contributed by atoms with E-state index in [9.17, 15) is 4.79 Å². The summed E-state index contributed by atoms with van der Waals surface area (Å²) in [6.07, 6.45) is 3.35. The van der Waals surface area contributed by atoms with Crippen molar-refractivity contribution in [3.63, 3.8) is 0 Å². The third-order valence-electron chi connectivity index (χ3n) is 3.20. The van der Waals surface area contributed by atoms with Gasteiger partial charge in [-0.1, -0.05) is 6.92 Å². The summed E-state index contributed by atoms with van der Waals surface area (Å²) >= 11 is 0. The number of carbonyl (C=O) groups excluding carboxylic acids is 1. The molecule has 2 rings (SSSR count). The van der Waals surface area contributed by atoms with E-state index in [4.69, 9.17) is 0 Å². The minimum atomic E-state index is 0.591. The van der Waals surface area contributed by atoms with E-state index in [1.807, 2.05) is 31.5 Å². The zero-order chi connectivity index (χ0) is 13.3. The second kappa shape index (κ2) is 4.72. The number of hydrogen-bond donors (Lipinski definition) is 0. The second-order valence-electron chi connectivity index (χ2n) is 4.44. The molecule has 18 heavy (non-hydrogen) atoms. The average Bonchev–Trinajstić information content (AvgIpc) is 2.64. The first kappa shape index (κ1) is 12.5. The van der Waals surface area contributed by atoms with Gasteiger partial charge in [-0.2, -0.15) is 5.10 Å². The lowest BCUT2D eigenvalue weighted by molar-refractivity contribution is 0.112. The van der Waals surface area contributed by atoms with Crippen molar-refractivity contribution in [2.75, 3.05) is 0 Å². The zero-order valence-corrected chi connectivity index (χ0v) is 11.2. The van der Waals surface area contributed by atoms with Crippen LogP contribution < -0.4 is 0 Å². The van der Waals surface area contributed by atoms with E-state index in [0.717, 1.165) is 35.5 Å². The lowest BCUT2D eigenvalue weighted by Gasteiger charge is -2.07. The van der Waals surface area contributed by atoms with Crippen LogP contribution >= 0.6 is 0 Å². The molecule has 0 saturated heterocycles. The number of hydrogen-bond acceptors (Lipinski definition) is 3. The highest BCUT2D eigenvalue weighted by Gasteiger charge is 2.13. The first-order chi connectivity index (χ1) is 8.58. The number of aromatic nitrogens is 3. The Balaban J connectivity index is 2.59. The maximum Gasteiger partial charge on any atom is 0.156 e. The number of aldehydes is 1. The van der Waals surface area contributed by atoms with Crippen LogP contribution in [0.2, 0.25) is 0 Å². The maximum absolute atomic E-state index is 10.7. The highest BCUT2D eigenvalue weighted by atomic mass is 16.1. The zero-order valence-electron chi connectivity index (χ0n) is 11.2. The molecule has 0 fully saturated rings. The molecule has 2 aromatic rings. The van der Waals surface area contributed by atoms with E-state index in [-0.39, 0.29) is 0 Å². The van der Waals surface area contributed by atoms with Crippen LogP contribution in [0, 0.1) is 20.8 Å². The van der Waals surface area contributed by atoms with E-state index in [0.29, 0.717) is 5.56 Å². The van der Waals surface area contributed by atoms with Crippen molar-refractivity contribution in [3.8, 4) is 5.82 Å². The molecule has 4 heteroatoms. The molecule has 0 spiro atoms. The SMILES string of the molecule is CCc1c(C)nn(-c2ncc(C=O)cc2C)c1C. The molecule has 0 bridgehead atoms. The van der Waals surface area contributed by atoms with Crippen molar-refractivity contribution in [2.45, 2.75) is 34.1 Å². The molecule has 4 nitrogen and oxygen atoms in total. The third-order valence-corrected chi connectivity index (χ3v) is 3.20. The normalized spacial score (nSPS) is 10.7. The first-order valence-corrected chi connectivity index (χ1v) is 6.05. The molecule has 0 unspecified atom stereocenters. The van der Waals surface area contributed by atoms with Crippen LogP contribution in [0.4, 0.5) is 0 Å². The predicted octanol–water partition coefficient (Wildman–Crippen LogP) is 2.57. The largest absolute Gasteiger partial charge is 0.298 e. The minimum absolute atomic E-state index is 0.591. The van der Waals surface area contributed by atoms with Crippen LogP contribution in [0.3, 0.4) is 0 Å². The van der Waals surface area contributed by atoms with E-state index in [1.54, 1.807) is 6.20 Å². The predicted molar refractivity (Wildman–Crippen MR) is 70.3 cm³/mol. The molecule has 0 aliphatic carbocycles. The van der Waals surface area contributed by atoms with E-state index >= 15 is 0 Å². The van der Waals surface area contributed by atoms with Crippen molar-refractivity contribution in [1.29, 1.82) is 0 Å². The van der Waals surface area contributed by atoms with Gasteiger partial charge in [-0.25, -0.2) is 9.67 Å². The van der Waals surface area contributed by atoms with Gasteiger partial charge in [-0.05, 0) is 44.4 Å². The number of rotatable bonds is 3. The highest BCUT2D eigenvalue weighted by molar-refractivity contribution is 5.74. The molecule has 0 amide bonds. The van der Waals surface area contributed by atoms with E-state index in [1.165, 1.54) is 5.56 Å². The molecule has 0 N–H and O–H groups in total. The van der Waals surface area contributed by atoms with Gasteiger partial charge < -0.3 is 0 Å². The molecule has 94 valence electrons. The summed E-state index contributed by atoms with van der Waals surface area (Å²) in [5, 5.41) is 4.53. The van der Waals surface area contributed by atoms with Crippen molar-refractivity contribution in [3.05, 3.63) is 40.3 Å². The van der Waals surface area contributed by atoms with Gasteiger partial charge in [0.15, 0.2) is 12.1 Å². The van der Waals surface area contributed by atoms with Gasteiger partial charge in [0.2, 0.25) is 0 Å². The summed E-state index contributed by atoms with van der Waals surface area (Å²) < 4.78 is 1.86. The molecule has 2 aromatic heterocycles. The minimum Gasteiger partial charge on any atom is -0.298 e. The molecule has 0 radical (unpaired) electrons. The van der Waals surface area contributed by atoms with Gasteiger partial charge >= 0.3 is 0 Å². The molecular formula is C14H17N3O. The Morgan fingerprint density at radius 1 is 1.33 bits per heavy atom. The quantitative estimate of drug-likeness (QED) is 0.778. The molecule has 0 saturated carbocycles. The fourth-order valence-electron chi connectivity index (χ4n) is 2.27. The standard InChI is InChI=1S/C14H17N3O/c1-5-13-10(3)16-17(11(13)4)14-9(2)6-12(8-18)7-15-14/h6-8H,5H2,1-4H3. The van der Waals surface area contributed by atoms with Crippen LogP contribution in [-0.4, -0.2) is 21.1 Å². The van der Waals surface area contributed by atoms with Gasteiger partial charge in [0.05, 0.1) is 5.69 Å². The van der Waals surface area contributed by atoms with Gasteiger partial charge in [0.1, 0.15) is 0 Å². The molecule has 0 atom stereocenters. The van der Waals surface area contributed by atoms with Gasteiger partial charge in [-0.15, -0.1) is 0 Å². The summed E-state index contributed by atoms with van der Waals surface area (Å²) in [5.74, 6) is 0.793. The smallest absolute Gasteiger partial charge is 0.156 e. The van der Waals surface area contributed by atoms with Gasteiger partial charge in [0.25, 0.3) is 0 Å². The fourth-order valence-corrected chi connectivity index (χ4v) is 2.27. The van der Waals surface area contributed by atoms with E-state index < -0.39 is 0 Å². The van der Waals surface area contributed by atoms with Crippen molar-refractivity contribution in [1.82, 2.24) is 14.8 Å². The Labute approximate surface area is 107 Å². The highest BCUT2D eigenvalue weighted by Crippen LogP contribution is 2.19. The topological polar surface area (TPSA) is 47.8 Å².